The van der Waals surface area contributed by atoms with Gasteiger partial charge in [0, 0.05) is 27.8 Å². The van der Waals surface area contributed by atoms with E-state index in [4.69, 9.17) is 46.9 Å². The molecule has 2 bridgehead atoms. The Morgan fingerprint density at radius 3 is 1.77 bits per heavy atom. The average molecular weight is 616 g/mol. The van der Waals surface area contributed by atoms with Gasteiger partial charge in [0.15, 0.2) is 0 Å². The first-order valence-electron chi connectivity index (χ1n) is 14.4. The standard InChI is InChI=1S/C36H32Cl2O5/c37-29-19-27(15-8-3-9-17-39-23-25-11-4-1-5-12-25)33-31(21-29)35-42-34-28(20-30(38)22-32(34)36(41-33)43-35)16-10-18-40-24-26-13-6-2-7-14-26/h1-2,4-8,10-16,19-22,35-36H,3,9,17-18,23-24H2. The topological polar surface area (TPSA) is 46.2 Å². The van der Waals surface area contributed by atoms with Crippen LogP contribution in [0.25, 0.3) is 12.2 Å². The van der Waals surface area contributed by atoms with Gasteiger partial charge in [-0.1, -0.05) is 108 Å². The highest BCUT2D eigenvalue weighted by Crippen LogP contribution is 2.51. The molecule has 0 saturated carbocycles. The van der Waals surface area contributed by atoms with Crippen molar-refractivity contribution in [2.24, 2.45) is 0 Å². The first-order chi connectivity index (χ1) is 21.1. The highest BCUT2D eigenvalue weighted by molar-refractivity contribution is 6.31. The summed E-state index contributed by atoms with van der Waals surface area (Å²) in [5, 5.41) is 1.14. The molecule has 5 nitrogen and oxygen atoms in total. The molecule has 4 aromatic rings. The van der Waals surface area contributed by atoms with Gasteiger partial charge in [-0.3, -0.25) is 4.74 Å². The van der Waals surface area contributed by atoms with Gasteiger partial charge in [-0.15, -0.1) is 0 Å². The van der Waals surface area contributed by atoms with Gasteiger partial charge >= 0.3 is 0 Å². The number of fused-ring (bicyclic) bond motifs is 6. The summed E-state index contributed by atoms with van der Waals surface area (Å²) in [5.74, 6) is 1.36. The summed E-state index contributed by atoms with van der Waals surface area (Å²) in [6, 6.07) is 27.7. The molecular weight excluding hydrogens is 583 g/mol. The Morgan fingerprint density at radius 1 is 0.651 bits per heavy atom. The predicted molar refractivity (Wildman–Crippen MR) is 170 cm³/mol. The average Bonchev–Trinajstić information content (AvgIpc) is 3.02. The molecular formula is C36H32Cl2O5. The van der Waals surface area contributed by atoms with Gasteiger partial charge in [0.05, 0.1) is 30.9 Å². The SMILES string of the molecule is Clc1cc(C=CCCCOCc2ccccc2)c2c(c1)C1Oc3c(C=CCOCc4ccccc4)cc(Cl)cc3C(O2)O1. The summed E-state index contributed by atoms with van der Waals surface area (Å²) in [7, 11) is 0. The third kappa shape index (κ3) is 7.50. The van der Waals surface area contributed by atoms with E-state index in [0.29, 0.717) is 48.0 Å². The van der Waals surface area contributed by atoms with Gasteiger partial charge in [-0.2, -0.15) is 0 Å². The summed E-state index contributed by atoms with van der Waals surface area (Å²) < 4.78 is 30.6. The van der Waals surface area contributed by atoms with Crippen LogP contribution in [0.4, 0.5) is 0 Å². The van der Waals surface area contributed by atoms with Crippen LogP contribution >= 0.6 is 23.2 Å². The van der Waals surface area contributed by atoms with Crippen LogP contribution in [0, 0.1) is 0 Å². The lowest BCUT2D eigenvalue weighted by molar-refractivity contribution is -0.227. The fourth-order valence-electron chi connectivity index (χ4n) is 5.07. The van der Waals surface area contributed by atoms with Crippen LogP contribution in [-0.4, -0.2) is 13.2 Å². The number of hydrogen-bond donors (Lipinski definition) is 0. The van der Waals surface area contributed by atoms with E-state index in [9.17, 15) is 0 Å². The molecule has 2 atom stereocenters. The fraction of sp³-hybridized carbons (Fsp3) is 0.222. The maximum Gasteiger partial charge on any atom is 0.234 e. The Kier molecular flexibility index (Phi) is 9.78. The predicted octanol–water partition coefficient (Wildman–Crippen LogP) is 9.73. The lowest BCUT2D eigenvalue weighted by Crippen LogP contribution is -2.31. The van der Waals surface area contributed by atoms with Gasteiger partial charge in [0.1, 0.15) is 11.5 Å². The van der Waals surface area contributed by atoms with Crippen LogP contribution in [0.3, 0.4) is 0 Å². The Labute approximate surface area is 262 Å². The smallest absolute Gasteiger partial charge is 0.234 e. The van der Waals surface area contributed by atoms with Crippen molar-refractivity contribution in [1.82, 2.24) is 0 Å². The second-order valence-corrected chi connectivity index (χ2v) is 11.2. The zero-order chi connectivity index (χ0) is 29.4. The second kappa shape index (κ2) is 14.3. The highest BCUT2D eigenvalue weighted by Gasteiger charge is 2.40. The van der Waals surface area contributed by atoms with Gasteiger partial charge in [0.25, 0.3) is 0 Å². The Balaban J connectivity index is 1.11. The Bertz CT molecular complexity index is 1590. The minimum Gasteiger partial charge on any atom is -0.459 e. The maximum atomic E-state index is 6.53. The minimum atomic E-state index is -0.666. The van der Waals surface area contributed by atoms with E-state index >= 15 is 0 Å². The number of benzene rings is 4. The lowest BCUT2D eigenvalue weighted by Gasteiger charge is -2.39. The van der Waals surface area contributed by atoms with Crippen molar-refractivity contribution in [3.8, 4) is 11.5 Å². The molecule has 0 amide bonds. The van der Waals surface area contributed by atoms with E-state index in [1.165, 1.54) is 5.56 Å². The molecule has 220 valence electrons. The van der Waals surface area contributed by atoms with E-state index in [-0.39, 0.29) is 0 Å². The molecule has 0 fully saturated rings. The first kappa shape index (κ1) is 29.5. The molecule has 4 aromatic carbocycles. The molecule has 6 rings (SSSR count). The quantitative estimate of drug-likeness (QED) is 0.149. The normalized spacial score (nSPS) is 17.0. The molecule has 2 aliphatic heterocycles. The molecule has 0 spiro atoms. The second-order valence-electron chi connectivity index (χ2n) is 10.3. The fourth-order valence-corrected chi connectivity index (χ4v) is 5.54. The molecule has 7 heteroatoms. The molecule has 43 heavy (non-hydrogen) atoms. The largest absolute Gasteiger partial charge is 0.459 e. The molecule has 2 unspecified atom stereocenters. The summed E-state index contributed by atoms with van der Waals surface area (Å²) in [5.41, 5.74) is 5.48. The molecule has 0 aromatic heterocycles. The van der Waals surface area contributed by atoms with Crippen molar-refractivity contribution in [3.63, 3.8) is 0 Å². The summed E-state index contributed by atoms with van der Waals surface area (Å²) >= 11 is 13.0. The lowest BCUT2D eigenvalue weighted by atomic mass is 10.0. The van der Waals surface area contributed by atoms with Crippen molar-refractivity contribution < 1.29 is 23.7 Å². The number of allylic oxidation sites excluding steroid dienone is 1. The summed E-state index contributed by atoms with van der Waals surface area (Å²) in [4.78, 5) is 0. The third-order valence-electron chi connectivity index (χ3n) is 7.12. The number of unbranched alkanes of at least 4 members (excludes halogenated alkanes) is 1. The molecule has 2 aliphatic rings. The van der Waals surface area contributed by atoms with Crippen molar-refractivity contribution in [3.05, 3.63) is 141 Å². The van der Waals surface area contributed by atoms with E-state index in [2.05, 4.69) is 18.2 Å². The number of rotatable bonds is 12. The molecule has 0 aliphatic carbocycles. The van der Waals surface area contributed by atoms with Crippen LogP contribution < -0.4 is 9.47 Å². The van der Waals surface area contributed by atoms with Crippen molar-refractivity contribution in [2.45, 2.75) is 38.6 Å². The van der Waals surface area contributed by atoms with E-state index in [0.717, 1.165) is 40.7 Å². The first-order valence-corrected chi connectivity index (χ1v) is 15.1. The van der Waals surface area contributed by atoms with Crippen LogP contribution in [-0.2, 0) is 27.4 Å². The Morgan fingerprint density at radius 2 is 1.19 bits per heavy atom. The molecule has 0 saturated heterocycles. The van der Waals surface area contributed by atoms with Crippen LogP contribution in [0.15, 0.2) is 97.1 Å². The van der Waals surface area contributed by atoms with Crippen molar-refractivity contribution in [1.29, 1.82) is 0 Å². The maximum absolute atomic E-state index is 6.53. The molecule has 0 radical (unpaired) electrons. The highest BCUT2D eigenvalue weighted by atomic mass is 35.5. The minimum absolute atomic E-state index is 0.448. The summed E-state index contributed by atoms with van der Waals surface area (Å²) in [6.45, 7) is 2.29. The zero-order valence-electron chi connectivity index (χ0n) is 23.6. The van der Waals surface area contributed by atoms with Crippen molar-refractivity contribution in [2.75, 3.05) is 13.2 Å². The number of halogens is 2. The number of hydrogen-bond acceptors (Lipinski definition) is 5. The zero-order valence-corrected chi connectivity index (χ0v) is 25.1. The third-order valence-corrected chi connectivity index (χ3v) is 7.56. The van der Waals surface area contributed by atoms with Gasteiger partial charge in [-0.25, -0.2) is 0 Å². The molecule has 0 N–H and O–H groups in total. The van der Waals surface area contributed by atoms with Gasteiger partial charge in [0.2, 0.25) is 12.6 Å². The van der Waals surface area contributed by atoms with Crippen molar-refractivity contribution >= 4 is 35.4 Å². The van der Waals surface area contributed by atoms with E-state index in [1.807, 2.05) is 91.0 Å². The monoisotopic (exact) mass is 614 g/mol. The van der Waals surface area contributed by atoms with Crippen LogP contribution in [0.2, 0.25) is 10.0 Å². The van der Waals surface area contributed by atoms with E-state index < -0.39 is 12.6 Å². The van der Waals surface area contributed by atoms with Crippen LogP contribution in [0.5, 0.6) is 11.5 Å². The number of ether oxygens (including phenoxy) is 5. The summed E-state index contributed by atoms with van der Waals surface area (Å²) in [6.07, 6.45) is 8.48. The van der Waals surface area contributed by atoms with Crippen LogP contribution in [0.1, 0.15) is 58.8 Å². The van der Waals surface area contributed by atoms with Gasteiger partial charge in [-0.05, 0) is 48.2 Å². The van der Waals surface area contributed by atoms with Gasteiger partial charge < -0.3 is 18.9 Å². The molecule has 2 heterocycles. The Hall–Kier alpha value is -3.58. The van der Waals surface area contributed by atoms with E-state index in [1.54, 1.807) is 0 Å².